The van der Waals surface area contributed by atoms with Gasteiger partial charge in [-0.2, -0.15) is 0 Å². The van der Waals surface area contributed by atoms with Gasteiger partial charge in [-0.05, 0) is 43.5 Å². The number of carbonyl (C=O) groups is 2. The van der Waals surface area contributed by atoms with Crippen LogP contribution < -0.4 is 15.4 Å². The number of alkyl halides is 1. The van der Waals surface area contributed by atoms with Crippen molar-refractivity contribution < 1.29 is 14.3 Å². The second-order valence-corrected chi connectivity index (χ2v) is 5.41. The topological polar surface area (TPSA) is 67.4 Å². The van der Waals surface area contributed by atoms with Gasteiger partial charge >= 0.3 is 0 Å². The second-order valence-electron chi connectivity index (χ2n) is 5.03. The van der Waals surface area contributed by atoms with Gasteiger partial charge in [0.1, 0.15) is 5.75 Å². The molecule has 0 bridgehead atoms. The fourth-order valence-electron chi connectivity index (χ4n) is 1.72. The lowest BCUT2D eigenvalue weighted by Crippen LogP contribution is -2.36. The molecule has 1 aromatic carbocycles. The van der Waals surface area contributed by atoms with Crippen LogP contribution in [-0.4, -0.2) is 37.4 Å². The zero-order valence-corrected chi connectivity index (χ0v) is 13.8. The molecule has 2 amide bonds. The van der Waals surface area contributed by atoms with Gasteiger partial charge in [0, 0.05) is 25.4 Å². The number of carbonyl (C=O) groups excluding carboxylic acids is 2. The van der Waals surface area contributed by atoms with Crippen molar-refractivity contribution in [2.75, 3.05) is 25.6 Å². The lowest BCUT2D eigenvalue weighted by Gasteiger charge is -2.09. The van der Waals surface area contributed by atoms with Crippen LogP contribution in [0.5, 0.6) is 5.75 Å². The van der Waals surface area contributed by atoms with Gasteiger partial charge in [-0.15, -0.1) is 11.6 Å². The van der Waals surface area contributed by atoms with E-state index in [-0.39, 0.29) is 18.4 Å². The van der Waals surface area contributed by atoms with Gasteiger partial charge in [0.05, 0.1) is 0 Å². The molecule has 0 saturated carbocycles. The third-order valence-electron chi connectivity index (χ3n) is 3.16. The summed E-state index contributed by atoms with van der Waals surface area (Å²) in [6.07, 6.45) is 1.07. The summed E-state index contributed by atoms with van der Waals surface area (Å²) in [6.45, 7) is 4.75. The molecule has 0 aliphatic carbocycles. The Labute approximate surface area is 136 Å². The first-order valence-electron chi connectivity index (χ1n) is 7.32. The summed E-state index contributed by atoms with van der Waals surface area (Å²) in [7, 11) is 0. The van der Waals surface area contributed by atoms with E-state index in [1.807, 2.05) is 32.0 Å². The molecule has 0 aliphatic heterocycles. The molecule has 0 fully saturated rings. The maximum absolute atomic E-state index is 11.6. The summed E-state index contributed by atoms with van der Waals surface area (Å²) in [5, 5.41) is 5.39. The van der Waals surface area contributed by atoms with Crippen molar-refractivity contribution in [1.29, 1.82) is 0 Å². The summed E-state index contributed by atoms with van der Waals surface area (Å²) in [5.74, 6) is 0.877. The highest BCUT2D eigenvalue weighted by atomic mass is 35.5. The number of aryl methyl sites for hydroxylation is 2. The van der Waals surface area contributed by atoms with E-state index in [1.54, 1.807) is 0 Å². The maximum atomic E-state index is 11.6. The van der Waals surface area contributed by atoms with Gasteiger partial charge < -0.3 is 15.4 Å². The molecular formula is C16H23ClN2O3. The Hall–Kier alpha value is -1.75. The zero-order chi connectivity index (χ0) is 16.4. The first-order valence-corrected chi connectivity index (χ1v) is 7.86. The molecule has 1 rings (SSSR count). The Bertz CT molecular complexity index is 506. The molecule has 0 heterocycles. The molecular weight excluding hydrogens is 304 g/mol. The van der Waals surface area contributed by atoms with E-state index in [2.05, 4.69) is 10.6 Å². The lowest BCUT2D eigenvalue weighted by molar-refractivity contribution is -0.124. The average Bonchev–Trinajstić information content (AvgIpc) is 2.50. The highest BCUT2D eigenvalue weighted by Gasteiger charge is 2.04. The molecule has 0 aromatic heterocycles. The average molecular weight is 327 g/mol. The second kappa shape index (κ2) is 10.1. The normalized spacial score (nSPS) is 10.1. The van der Waals surface area contributed by atoms with Gasteiger partial charge in [-0.1, -0.05) is 6.07 Å². The predicted molar refractivity (Wildman–Crippen MR) is 87.4 cm³/mol. The number of nitrogens with one attached hydrogen (secondary N) is 2. The van der Waals surface area contributed by atoms with Crippen molar-refractivity contribution in [3.8, 4) is 5.75 Å². The molecule has 0 atom stereocenters. The van der Waals surface area contributed by atoms with Crippen molar-refractivity contribution in [1.82, 2.24) is 10.6 Å². The Morgan fingerprint density at radius 3 is 2.41 bits per heavy atom. The number of amides is 2. The van der Waals surface area contributed by atoms with Crippen molar-refractivity contribution in [2.45, 2.75) is 26.7 Å². The highest BCUT2D eigenvalue weighted by Crippen LogP contribution is 2.16. The molecule has 0 unspecified atom stereocenters. The summed E-state index contributed by atoms with van der Waals surface area (Å²) in [5.41, 5.74) is 2.30. The molecule has 2 N–H and O–H groups in total. The quantitative estimate of drug-likeness (QED) is 0.538. The standard InChI is InChI=1S/C16H23ClN2O3/c1-12-5-6-14(10-13(12)2)22-11-16(21)19-9-8-18-15(20)4-3-7-17/h5-6,10H,3-4,7-9,11H2,1-2H3,(H,18,20)(H,19,21). The van der Waals surface area contributed by atoms with Gasteiger partial charge in [-0.3, -0.25) is 9.59 Å². The molecule has 0 aliphatic rings. The molecule has 5 nitrogen and oxygen atoms in total. The summed E-state index contributed by atoms with van der Waals surface area (Å²) >= 11 is 5.50. The van der Waals surface area contributed by atoms with E-state index in [4.69, 9.17) is 16.3 Å². The van der Waals surface area contributed by atoms with Crippen molar-refractivity contribution >= 4 is 23.4 Å². The molecule has 0 spiro atoms. The van der Waals surface area contributed by atoms with Crippen LogP contribution >= 0.6 is 11.6 Å². The molecule has 6 heteroatoms. The lowest BCUT2D eigenvalue weighted by atomic mass is 10.1. The van der Waals surface area contributed by atoms with Crippen LogP contribution in [-0.2, 0) is 9.59 Å². The van der Waals surface area contributed by atoms with Gasteiger partial charge in [0.25, 0.3) is 5.91 Å². The third-order valence-corrected chi connectivity index (χ3v) is 3.42. The minimum atomic E-state index is -0.215. The fraction of sp³-hybridized carbons (Fsp3) is 0.500. The Morgan fingerprint density at radius 2 is 1.77 bits per heavy atom. The Kier molecular flexibility index (Phi) is 8.36. The number of rotatable bonds is 9. The Balaban J connectivity index is 2.15. The van der Waals surface area contributed by atoms with Crippen molar-refractivity contribution in [3.63, 3.8) is 0 Å². The first-order chi connectivity index (χ1) is 10.5. The SMILES string of the molecule is Cc1ccc(OCC(=O)NCCNC(=O)CCCCl)cc1C. The van der Waals surface area contributed by atoms with E-state index < -0.39 is 0 Å². The highest BCUT2D eigenvalue weighted by molar-refractivity contribution is 6.17. The Morgan fingerprint density at radius 1 is 1.09 bits per heavy atom. The van der Waals surface area contributed by atoms with Crippen LogP contribution in [0.25, 0.3) is 0 Å². The number of ether oxygens (including phenoxy) is 1. The van der Waals surface area contributed by atoms with E-state index >= 15 is 0 Å². The summed E-state index contributed by atoms with van der Waals surface area (Å²) in [4.78, 5) is 22.9. The van der Waals surface area contributed by atoms with E-state index in [9.17, 15) is 9.59 Å². The van der Waals surface area contributed by atoms with Crippen LogP contribution in [0.15, 0.2) is 18.2 Å². The van der Waals surface area contributed by atoms with Gasteiger partial charge in [0.2, 0.25) is 5.91 Å². The number of hydrogen-bond donors (Lipinski definition) is 2. The molecule has 22 heavy (non-hydrogen) atoms. The van der Waals surface area contributed by atoms with Crippen LogP contribution in [0.1, 0.15) is 24.0 Å². The number of benzene rings is 1. The molecule has 0 radical (unpaired) electrons. The first kappa shape index (κ1) is 18.3. The van der Waals surface area contributed by atoms with Crippen LogP contribution in [0.4, 0.5) is 0 Å². The van der Waals surface area contributed by atoms with Gasteiger partial charge in [-0.25, -0.2) is 0 Å². The van der Waals surface area contributed by atoms with Crippen LogP contribution in [0, 0.1) is 13.8 Å². The maximum Gasteiger partial charge on any atom is 0.258 e. The van der Waals surface area contributed by atoms with Gasteiger partial charge in [0.15, 0.2) is 6.61 Å². The molecule has 0 saturated heterocycles. The van der Waals surface area contributed by atoms with Crippen LogP contribution in [0.2, 0.25) is 0 Å². The predicted octanol–water partition coefficient (Wildman–Crippen LogP) is 1.93. The fourth-order valence-corrected chi connectivity index (χ4v) is 1.86. The smallest absolute Gasteiger partial charge is 0.258 e. The zero-order valence-electron chi connectivity index (χ0n) is 13.1. The third kappa shape index (κ3) is 7.31. The summed E-state index contributed by atoms with van der Waals surface area (Å²) < 4.78 is 5.42. The van der Waals surface area contributed by atoms with Crippen molar-refractivity contribution in [2.24, 2.45) is 0 Å². The van der Waals surface area contributed by atoms with Crippen molar-refractivity contribution in [3.05, 3.63) is 29.3 Å². The summed E-state index contributed by atoms with van der Waals surface area (Å²) in [6, 6.07) is 5.70. The van der Waals surface area contributed by atoms with E-state index in [0.29, 0.717) is 37.6 Å². The monoisotopic (exact) mass is 326 g/mol. The van der Waals surface area contributed by atoms with Crippen LogP contribution in [0.3, 0.4) is 0 Å². The molecule has 1 aromatic rings. The minimum Gasteiger partial charge on any atom is -0.484 e. The minimum absolute atomic E-state index is 0.0390. The molecule has 122 valence electrons. The largest absolute Gasteiger partial charge is 0.484 e. The van der Waals surface area contributed by atoms with E-state index in [1.165, 1.54) is 5.56 Å². The van der Waals surface area contributed by atoms with E-state index in [0.717, 1.165) is 5.56 Å². The number of hydrogen-bond acceptors (Lipinski definition) is 3. The number of halogens is 1.